The molecule has 0 spiro atoms. The summed E-state index contributed by atoms with van der Waals surface area (Å²) in [6.07, 6.45) is 3.60. The van der Waals surface area contributed by atoms with Gasteiger partial charge in [0.15, 0.2) is 0 Å². The van der Waals surface area contributed by atoms with Crippen molar-refractivity contribution >= 4 is 44.9 Å². The third-order valence-electron chi connectivity index (χ3n) is 1.71. The normalized spacial score (nSPS) is 10.9. The number of halogens is 1. The van der Waals surface area contributed by atoms with Crippen LogP contribution in [0.2, 0.25) is 4.34 Å². The lowest BCUT2D eigenvalue weighted by molar-refractivity contribution is 1.28. The molecule has 2 aromatic heterocycles. The third kappa shape index (κ3) is 1.49. The van der Waals surface area contributed by atoms with E-state index in [1.54, 1.807) is 12.3 Å². The van der Waals surface area contributed by atoms with Crippen molar-refractivity contribution in [2.75, 3.05) is 6.26 Å². The molecule has 0 saturated heterocycles. The van der Waals surface area contributed by atoms with E-state index >= 15 is 0 Å². The third-order valence-corrected chi connectivity index (χ3v) is 3.72. The number of aromatic amines is 1. The predicted molar refractivity (Wildman–Crippen MR) is 59.2 cm³/mol. The highest BCUT2D eigenvalue weighted by Gasteiger charge is 2.06. The summed E-state index contributed by atoms with van der Waals surface area (Å²) in [7, 11) is 0. The Balaban J connectivity index is 2.86. The number of nitrogens with one attached hydrogen (secondary N) is 1. The van der Waals surface area contributed by atoms with Crippen molar-refractivity contribution in [3.8, 4) is 0 Å². The zero-order valence-electron chi connectivity index (χ0n) is 6.76. The molecular formula is C8H6ClNOS2. The summed E-state index contributed by atoms with van der Waals surface area (Å²) >= 11 is 8.56. The monoisotopic (exact) mass is 231 g/mol. The van der Waals surface area contributed by atoms with E-state index in [2.05, 4.69) is 4.98 Å². The second-order valence-electron chi connectivity index (χ2n) is 2.48. The Hall–Kier alpha value is -0.450. The second-order valence-corrected chi connectivity index (χ2v) is 5.01. The first-order valence-corrected chi connectivity index (χ1v) is 5.99. The van der Waals surface area contributed by atoms with Crippen LogP contribution in [0.15, 0.2) is 22.0 Å². The lowest BCUT2D eigenvalue weighted by Crippen LogP contribution is -2.02. The van der Waals surface area contributed by atoms with Crippen LogP contribution >= 0.6 is 34.7 Å². The maximum Gasteiger partial charge on any atom is 0.212 e. The SMILES string of the molecule is CSc1c[nH]c2cc(Cl)sc2c1=O. The molecule has 2 aromatic rings. The average molecular weight is 232 g/mol. The Kier molecular flexibility index (Phi) is 2.36. The number of H-pyrrole nitrogens is 1. The molecule has 68 valence electrons. The smallest absolute Gasteiger partial charge is 0.212 e. The molecule has 0 aliphatic heterocycles. The first kappa shape index (κ1) is 9.12. The highest BCUT2D eigenvalue weighted by molar-refractivity contribution is 7.98. The fourth-order valence-corrected chi connectivity index (χ4v) is 2.78. The quantitative estimate of drug-likeness (QED) is 0.766. The van der Waals surface area contributed by atoms with E-state index < -0.39 is 0 Å². The molecular weight excluding hydrogens is 226 g/mol. The summed E-state index contributed by atoms with van der Waals surface area (Å²) in [5, 5.41) is 0. The molecule has 2 nitrogen and oxygen atoms in total. The number of pyridine rings is 1. The van der Waals surface area contributed by atoms with Gasteiger partial charge < -0.3 is 4.98 Å². The van der Waals surface area contributed by atoms with Gasteiger partial charge in [0, 0.05) is 6.20 Å². The molecule has 0 atom stereocenters. The van der Waals surface area contributed by atoms with Crippen LogP contribution in [0.1, 0.15) is 0 Å². The van der Waals surface area contributed by atoms with Gasteiger partial charge in [-0.2, -0.15) is 0 Å². The molecule has 2 heterocycles. The van der Waals surface area contributed by atoms with Crippen LogP contribution in [-0.4, -0.2) is 11.2 Å². The molecule has 0 fully saturated rings. The van der Waals surface area contributed by atoms with Crippen molar-refractivity contribution in [2.24, 2.45) is 0 Å². The van der Waals surface area contributed by atoms with Crippen LogP contribution in [-0.2, 0) is 0 Å². The average Bonchev–Trinajstić information content (AvgIpc) is 2.47. The predicted octanol–water partition coefficient (Wildman–Crippen LogP) is 2.96. The standard InChI is InChI=1S/C8H6ClNOS2/c1-12-5-3-10-4-2-6(9)13-8(4)7(5)11/h2-3H,1H3,(H,10,11). The molecule has 13 heavy (non-hydrogen) atoms. The van der Waals surface area contributed by atoms with E-state index in [4.69, 9.17) is 11.6 Å². The number of thiophene rings is 1. The molecule has 0 bridgehead atoms. The van der Waals surface area contributed by atoms with Crippen LogP contribution < -0.4 is 5.43 Å². The van der Waals surface area contributed by atoms with E-state index in [-0.39, 0.29) is 5.43 Å². The minimum Gasteiger partial charge on any atom is -0.359 e. The lowest BCUT2D eigenvalue weighted by Gasteiger charge is -1.93. The Morgan fingerprint density at radius 2 is 2.38 bits per heavy atom. The van der Waals surface area contributed by atoms with E-state index in [0.29, 0.717) is 9.04 Å². The van der Waals surface area contributed by atoms with E-state index in [0.717, 1.165) is 10.4 Å². The summed E-state index contributed by atoms with van der Waals surface area (Å²) in [4.78, 5) is 15.4. The van der Waals surface area contributed by atoms with Crippen LogP contribution in [0.25, 0.3) is 10.2 Å². The molecule has 0 aliphatic rings. The fraction of sp³-hybridized carbons (Fsp3) is 0.125. The largest absolute Gasteiger partial charge is 0.359 e. The first-order chi connectivity index (χ1) is 6.22. The minimum atomic E-state index is 0.0677. The van der Waals surface area contributed by atoms with Crippen molar-refractivity contribution in [1.82, 2.24) is 4.98 Å². The molecule has 2 rings (SSSR count). The van der Waals surface area contributed by atoms with Gasteiger partial charge in [-0.05, 0) is 12.3 Å². The number of aromatic nitrogens is 1. The summed E-state index contributed by atoms with van der Waals surface area (Å²) in [5.41, 5.74) is 0.885. The Morgan fingerprint density at radius 1 is 1.62 bits per heavy atom. The lowest BCUT2D eigenvalue weighted by atomic mass is 10.4. The number of hydrogen-bond donors (Lipinski definition) is 1. The van der Waals surface area contributed by atoms with Crippen LogP contribution in [0.3, 0.4) is 0 Å². The van der Waals surface area contributed by atoms with E-state index in [1.165, 1.54) is 23.1 Å². The van der Waals surface area contributed by atoms with Crippen molar-refractivity contribution in [1.29, 1.82) is 0 Å². The molecule has 0 amide bonds. The molecule has 1 N–H and O–H groups in total. The van der Waals surface area contributed by atoms with E-state index in [1.807, 2.05) is 6.26 Å². The Bertz CT molecular complexity index is 502. The van der Waals surface area contributed by atoms with Gasteiger partial charge in [-0.15, -0.1) is 23.1 Å². The number of thioether (sulfide) groups is 1. The Labute approximate surface area is 87.9 Å². The zero-order chi connectivity index (χ0) is 9.42. The van der Waals surface area contributed by atoms with Gasteiger partial charge in [0.2, 0.25) is 5.43 Å². The van der Waals surface area contributed by atoms with Crippen molar-refractivity contribution in [3.05, 3.63) is 26.8 Å². The van der Waals surface area contributed by atoms with Gasteiger partial charge in [-0.1, -0.05) is 11.6 Å². The van der Waals surface area contributed by atoms with Gasteiger partial charge in [0.25, 0.3) is 0 Å². The molecule has 0 aliphatic carbocycles. The first-order valence-electron chi connectivity index (χ1n) is 3.57. The van der Waals surface area contributed by atoms with Gasteiger partial charge in [-0.25, -0.2) is 0 Å². The van der Waals surface area contributed by atoms with Crippen LogP contribution in [0.4, 0.5) is 0 Å². The van der Waals surface area contributed by atoms with Crippen molar-refractivity contribution < 1.29 is 0 Å². The number of rotatable bonds is 1. The second kappa shape index (κ2) is 3.36. The highest BCUT2D eigenvalue weighted by Crippen LogP contribution is 2.26. The molecule has 0 saturated carbocycles. The van der Waals surface area contributed by atoms with E-state index in [9.17, 15) is 4.79 Å². The summed E-state index contributed by atoms with van der Waals surface area (Å²) in [6.45, 7) is 0. The summed E-state index contributed by atoms with van der Waals surface area (Å²) < 4.78 is 1.35. The summed E-state index contributed by atoms with van der Waals surface area (Å²) in [6, 6.07) is 1.77. The molecule has 5 heteroatoms. The minimum absolute atomic E-state index is 0.0677. The molecule has 0 aromatic carbocycles. The van der Waals surface area contributed by atoms with Crippen LogP contribution in [0.5, 0.6) is 0 Å². The van der Waals surface area contributed by atoms with Gasteiger partial charge in [0.05, 0.1) is 14.7 Å². The zero-order valence-corrected chi connectivity index (χ0v) is 9.15. The maximum absolute atomic E-state index is 11.7. The van der Waals surface area contributed by atoms with Crippen molar-refractivity contribution in [2.45, 2.75) is 4.90 Å². The van der Waals surface area contributed by atoms with Gasteiger partial charge >= 0.3 is 0 Å². The van der Waals surface area contributed by atoms with Crippen LogP contribution in [0, 0.1) is 0 Å². The molecule has 0 unspecified atom stereocenters. The topological polar surface area (TPSA) is 32.9 Å². The maximum atomic E-state index is 11.7. The van der Waals surface area contributed by atoms with Crippen molar-refractivity contribution in [3.63, 3.8) is 0 Å². The number of hydrogen-bond acceptors (Lipinski definition) is 3. The van der Waals surface area contributed by atoms with Gasteiger partial charge in [-0.3, -0.25) is 4.79 Å². The van der Waals surface area contributed by atoms with Gasteiger partial charge in [0.1, 0.15) is 4.70 Å². The molecule has 0 radical (unpaired) electrons. The fourth-order valence-electron chi connectivity index (χ4n) is 1.11. The summed E-state index contributed by atoms with van der Waals surface area (Å²) in [5.74, 6) is 0. The highest BCUT2D eigenvalue weighted by atomic mass is 35.5. The number of fused-ring (bicyclic) bond motifs is 1. The Morgan fingerprint density at radius 3 is 3.08 bits per heavy atom.